The van der Waals surface area contributed by atoms with E-state index in [4.69, 9.17) is 11.2 Å². The largest absolute Gasteiger partial charge is 0.493 e. The van der Waals surface area contributed by atoms with Crippen molar-refractivity contribution in [1.82, 2.24) is 0 Å². The molecule has 1 aromatic rings. The van der Waals surface area contributed by atoms with E-state index in [1.807, 2.05) is 23.9 Å². The molecule has 0 aromatic heterocycles. The number of fused-ring (bicyclic) bond motifs is 1. The van der Waals surface area contributed by atoms with Crippen LogP contribution in [-0.4, -0.2) is 12.4 Å². The highest BCUT2D eigenvalue weighted by Gasteiger charge is 2.21. The fourth-order valence-corrected chi connectivity index (χ4v) is 2.86. The number of thioether (sulfide) groups is 1. The van der Waals surface area contributed by atoms with Crippen LogP contribution >= 0.6 is 11.8 Å². The zero-order valence-electron chi connectivity index (χ0n) is 8.82. The van der Waals surface area contributed by atoms with Crippen molar-refractivity contribution in [2.75, 3.05) is 12.4 Å². The molecule has 0 N–H and O–H groups in total. The molecule has 1 atom stereocenters. The van der Waals surface area contributed by atoms with Crippen LogP contribution in [0, 0.1) is 12.3 Å². The van der Waals surface area contributed by atoms with E-state index in [1.165, 1.54) is 5.56 Å². The first-order valence-electron chi connectivity index (χ1n) is 5.20. The summed E-state index contributed by atoms with van der Waals surface area (Å²) in [6.45, 7) is 3.00. The number of ether oxygens (including phenoxy) is 1. The minimum Gasteiger partial charge on any atom is -0.493 e. The third kappa shape index (κ3) is 2.13. The molecule has 1 aromatic carbocycles. The van der Waals surface area contributed by atoms with Crippen molar-refractivity contribution in [3.8, 4) is 18.1 Å². The fraction of sp³-hybridized carbons (Fsp3) is 0.385. The summed E-state index contributed by atoms with van der Waals surface area (Å²) in [5.74, 6) is 4.81. The van der Waals surface area contributed by atoms with Crippen LogP contribution in [0.4, 0.5) is 0 Å². The number of benzene rings is 1. The number of hydrogen-bond acceptors (Lipinski definition) is 2. The fourth-order valence-electron chi connectivity index (χ4n) is 1.83. The monoisotopic (exact) mass is 218 g/mol. The average Bonchev–Trinajstić information content (AvgIpc) is 2.29. The van der Waals surface area contributed by atoms with Crippen LogP contribution in [0.1, 0.15) is 29.7 Å². The lowest BCUT2D eigenvalue weighted by Crippen LogP contribution is -2.12. The number of rotatable bonds is 2. The van der Waals surface area contributed by atoms with Gasteiger partial charge in [0.1, 0.15) is 5.75 Å². The quantitative estimate of drug-likeness (QED) is 0.705. The Morgan fingerprint density at radius 3 is 3.20 bits per heavy atom. The highest BCUT2D eigenvalue weighted by Crippen LogP contribution is 2.40. The molecule has 0 aliphatic carbocycles. The van der Waals surface area contributed by atoms with E-state index in [0.29, 0.717) is 5.25 Å². The molecule has 0 saturated carbocycles. The third-order valence-electron chi connectivity index (χ3n) is 2.53. The van der Waals surface area contributed by atoms with Crippen molar-refractivity contribution in [2.45, 2.75) is 18.6 Å². The Morgan fingerprint density at radius 1 is 1.60 bits per heavy atom. The van der Waals surface area contributed by atoms with Crippen LogP contribution in [0.2, 0.25) is 0 Å². The van der Waals surface area contributed by atoms with Gasteiger partial charge in [0.25, 0.3) is 0 Å². The maximum Gasteiger partial charge on any atom is 0.123 e. The molecule has 2 heteroatoms. The molecule has 1 unspecified atom stereocenters. The Morgan fingerprint density at radius 2 is 2.47 bits per heavy atom. The van der Waals surface area contributed by atoms with Crippen LogP contribution in [0.15, 0.2) is 18.2 Å². The van der Waals surface area contributed by atoms with E-state index in [-0.39, 0.29) is 0 Å². The molecule has 78 valence electrons. The van der Waals surface area contributed by atoms with Gasteiger partial charge in [0.05, 0.1) is 6.61 Å². The Kier molecular flexibility index (Phi) is 3.23. The minimum atomic E-state index is 0.548. The zero-order valence-corrected chi connectivity index (χ0v) is 9.64. The summed E-state index contributed by atoms with van der Waals surface area (Å²) < 4.78 is 5.62. The van der Waals surface area contributed by atoms with Gasteiger partial charge in [-0.25, -0.2) is 0 Å². The van der Waals surface area contributed by atoms with Gasteiger partial charge in [-0.2, -0.15) is 11.8 Å². The second kappa shape index (κ2) is 4.63. The van der Waals surface area contributed by atoms with E-state index in [0.717, 1.165) is 30.1 Å². The van der Waals surface area contributed by atoms with E-state index < -0.39 is 0 Å². The highest BCUT2D eigenvalue weighted by molar-refractivity contribution is 7.99. The van der Waals surface area contributed by atoms with Crippen molar-refractivity contribution in [3.05, 3.63) is 29.3 Å². The maximum absolute atomic E-state index is 5.62. The van der Waals surface area contributed by atoms with E-state index in [2.05, 4.69) is 18.9 Å². The van der Waals surface area contributed by atoms with E-state index >= 15 is 0 Å². The lowest BCUT2D eigenvalue weighted by Gasteiger charge is -2.25. The third-order valence-corrected chi connectivity index (χ3v) is 3.75. The molecule has 15 heavy (non-hydrogen) atoms. The Balaban J connectivity index is 2.36. The summed E-state index contributed by atoms with van der Waals surface area (Å²) in [6, 6.07) is 6.02. The number of terminal acetylenes is 1. The first-order chi connectivity index (χ1) is 7.35. The molecule has 1 aliphatic heterocycles. The average molecular weight is 218 g/mol. The standard InChI is InChI=1S/C13H14OS/c1-3-10-5-6-12-11(9-10)13(15-4-2)7-8-14-12/h1,5-6,9,13H,4,7-8H2,2H3. The highest BCUT2D eigenvalue weighted by atomic mass is 32.2. The van der Waals surface area contributed by atoms with Gasteiger partial charge in [-0.1, -0.05) is 12.8 Å². The van der Waals surface area contributed by atoms with Crippen LogP contribution in [0.3, 0.4) is 0 Å². The van der Waals surface area contributed by atoms with Gasteiger partial charge in [0.2, 0.25) is 0 Å². The molecule has 1 heterocycles. The van der Waals surface area contributed by atoms with Crippen molar-refractivity contribution in [3.63, 3.8) is 0 Å². The van der Waals surface area contributed by atoms with Gasteiger partial charge in [-0.05, 0) is 30.4 Å². The minimum absolute atomic E-state index is 0.548. The van der Waals surface area contributed by atoms with Gasteiger partial charge in [0.15, 0.2) is 0 Å². The second-order valence-corrected chi connectivity index (χ2v) is 4.96. The van der Waals surface area contributed by atoms with Gasteiger partial charge in [0, 0.05) is 16.4 Å². The molecule has 0 saturated heterocycles. The molecular weight excluding hydrogens is 204 g/mol. The Bertz CT molecular complexity index is 392. The Hall–Kier alpha value is -1.07. The van der Waals surface area contributed by atoms with Crippen LogP contribution < -0.4 is 4.74 Å². The summed E-state index contributed by atoms with van der Waals surface area (Å²) in [5, 5.41) is 0.548. The lowest BCUT2D eigenvalue weighted by atomic mass is 10.0. The molecule has 1 aliphatic rings. The molecule has 2 rings (SSSR count). The summed E-state index contributed by atoms with van der Waals surface area (Å²) in [4.78, 5) is 0. The molecular formula is C13H14OS. The van der Waals surface area contributed by atoms with Crippen molar-refractivity contribution < 1.29 is 4.74 Å². The van der Waals surface area contributed by atoms with Gasteiger partial charge < -0.3 is 4.74 Å². The first-order valence-corrected chi connectivity index (χ1v) is 6.25. The zero-order chi connectivity index (χ0) is 10.7. The van der Waals surface area contributed by atoms with Crippen molar-refractivity contribution in [2.24, 2.45) is 0 Å². The lowest BCUT2D eigenvalue weighted by molar-refractivity contribution is 0.286. The van der Waals surface area contributed by atoms with Gasteiger partial charge in [-0.15, -0.1) is 6.42 Å². The maximum atomic E-state index is 5.62. The van der Waals surface area contributed by atoms with E-state index in [9.17, 15) is 0 Å². The molecule has 0 bridgehead atoms. The molecule has 1 nitrogen and oxygen atoms in total. The van der Waals surface area contributed by atoms with Crippen LogP contribution in [-0.2, 0) is 0 Å². The predicted molar refractivity (Wildman–Crippen MR) is 65.4 cm³/mol. The van der Waals surface area contributed by atoms with Crippen LogP contribution in [0.25, 0.3) is 0 Å². The van der Waals surface area contributed by atoms with Gasteiger partial charge >= 0.3 is 0 Å². The topological polar surface area (TPSA) is 9.23 Å². The summed E-state index contributed by atoms with van der Waals surface area (Å²) in [5.41, 5.74) is 2.21. The predicted octanol–water partition coefficient (Wildman–Crippen LogP) is 3.24. The Labute approximate surface area is 95.2 Å². The summed E-state index contributed by atoms with van der Waals surface area (Å²) in [7, 11) is 0. The number of hydrogen-bond donors (Lipinski definition) is 0. The van der Waals surface area contributed by atoms with Crippen molar-refractivity contribution >= 4 is 11.8 Å². The molecule has 0 radical (unpaired) electrons. The molecule has 0 fully saturated rings. The second-order valence-electron chi connectivity index (χ2n) is 3.48. The normalized spacial score (nSPS) is 18.8. The SMILES string of the molecule is C#Cc1ccc2c(c1)C(SCC)CCO2. The smallest absolute Gasteiger partial charge is 0.123 e. The van der Waals surface area contributed by atoms with Crippen LogP contribution in [0.5, 0.6) is 5.75 Å². The molecule has 0 spiro atoms. The van der Waals surface area contributed by atoms with Crippen molar-refractivity contribution in [1.29, 1.82) is 0 Å². The van der Waals surface area contributed by atoms with E-state index in [1.54, 1.807) is 0 Å². The summed E-state index contributed by atoms with van der Waals surface area (Å²) in [6.07, 6.45) is 6.49. The summed E-state index contributed by atoms with van der Waals surface area (Å²) >= 11 is 1.97. The first kappa shape index (κ1) is 10.4. The van der Waals surface area contributed by atoms with Gasteiger partial charge in [-0.3, -0.25) is 0 Å². The molecule has 0 amide bonds.